The topological polar surface area (TPSA) is 125 Å². The standard InChI is InChI=1S/C36H43N5O4S/c1-22(2)15-29-21-45-32-19-31(33-23(3)7-5-8-24(33)4)38-36(39-32)40-46(43,44)30-10-6-9-26(18-30)34(29)27-16-28(17-27)35(42)41-13-11-25(20-37)12-14-41/h5-10,18-19,22,25,27-29,34H,11-17,21H2,1-4H3,(H,38,39,40)/t27?,28?,29-,34?/m1/s1. The van der Waals surface area contributed by atoms with Crippen LogP contribution in [0.1, 0.15) is 68.6 Å². The van der Waals surface area contributed by atoms with Crippen LogP contribution in [0.2, 0.25) is 0 Å². The van der Waals surface area contributed by atoms with Gasteiger partial charge in [0.2, 0.25) is 17.7 Å². The van der Waals surface area contributed by atoms with Gasteiger partial charge in [0.15, 0.2) is 0 Å². The Morgan fingerprint density at radius 3 is 2.43 bits per heavy atom. The molecule has 242 valence electrons. The number of hydrogen-bond donors (Lipinski definition) is 1. The Morgan fingerprint density at radius 1 is 1.07 bits per heavy atom. The van der Waals surface area contributed by atoms with Crippen molar-refractivity contribution in [2.75, 3.05) is 24.4 Å². The number of carbonyl (C=O) groups is 1. The Kier molecular flexibility index (Phi) is 9.06. The number of aromatic nitrogens is 2. The molecule has 46 heavy (non-hydrogen) atoms. The molecule has 0 spiro atoms. The van der Waals surface area contributed by atoms with Crippen molar-refractivity contribution in [2.45, 2.75) is 70.6 Å². The second-order valence-corrected chi connectivity index (χ2v) is 15.4. The van der Waals surface area contributed by atoms with Gasteiger partial charge in [0.05, 0.1) is 23.3 Å². The van der Waals surface area contributed by atoms with Crippen molar-refractivity contribution in [1.82, 2.24) is 14.9 Å². The largest absolute Gasteiger partial charge is 0.477 e. The molecule has 3 heterocycles. The summed E-state index contributed by atoms with van der Waals surface area (Å²) in [6.07, 6.45) is 3.85. The molecule has 3 aromatic rings. The molecular formula is C36H43N5O4S. The molecule has 1 N–H and O–H groups in total. The molecule has 2 aliphatic heterocycles. The van der Waals surface area contributed by atoms with Crippen molar-refractivity contribution in [2.24, 2.45) is 29.6 Å². The fourth-order valence-electron chi connectivity index (χ4n) is 7.65. The van der Waals surface area contributed by atoms with Gasteiger partial charge in [0, 0.05) is 42.5 Å². The van der Waals surface area contributed by atoms with Crippen molar-refractivity contribution in [3.8, 4) is 23.2 Å². The van der Waals surface area contributed by atoms with Crippen molar-refractivity contribution < 1.29 is 17.9 Å². The Bertz CT molecular complexity index is 1730. The summed E-state index contributed by atoms with van der Waals surface area (Å²) >= 11 is 0. The summed E-state index contributed by atoms with van der Waals surface area (Å²) in [6.45, 7) is 10.1. The van der Waals surface area contributed by atoms with E-state index in [-0.39, 0.29) is 46.3 Å². The van der Waals surface area contributed by atoms with Crippen molar-refractivity contribution in [3.63, 3.8) is 0 Å². The molecule has 3 aliphatic rings. The first-order chi connectivity index (χ1) is 22.0. The van der Waals surface area contributed by atoms with Crippen molar-refractivity contribution in [3.05, 3.63) is 65.2 Å². The van der Waals surface area contributed by atoms with Crippen molar-refractivity contribution >= 4 is 21.9 Å². The first kappa shape index (κ1) is 32.0. The molecule has 6 rings (SSSR count). The van der Waals surface area contributed by atoms with Gasteiger partial charge in [-0.1, -0.05) is 44.2 Å². The monoisotopic (exact) mass is 641 g/mol. The molecule has 9 nitrogen and oxygen atoms in total. The summed E-state index contributed by atoms with van der Waals surface area (Å²) in [5.74, 6) is 1.12. The quantitative estimate of drug-likeness (QED) is 0.338. The number of hydrogen-bond acceptors (Lipinski definition) is 7. The SMILES string of the molecule is Cc1cccc(C)c1-c1cc2nc(n1)NS(=O)(=O)c1cccc(c1)C(C1CC(C(=O)N3CCC(C#N)CC3)C1)[C@H](CC(C)C)CO2. The lowest BCUT2D eigenvalue weighted by molar-refractivity contribution is -0.141. The lowest BCUT2D eigenvalue weighted by atomic mass is 9.61. The minimum atomic E-state index is -4.00. The molecule has 10 heteroatoms. The van der Waals surface area contributed by atoms with Gasteiger partial charge < -0.3 is 9.64 Å². The Morgan fingerprint density at radius 2 is 1.76 bits per heavy atom. The number of benzene rings is 2. The van der Waals surface area contributed by atoms with Crippen LogP contribution in [0.3, 0.4) is 0 Å². The Hall–Kier alpha value is -3.97. The first-order valence-electron chi connectivity index (χ1n) is 16.4. The van der Waals surface area contributed by atoms with Gasteiger partial charge in [-0.05, 0) is 92.5 Å². The molecule has 1 amide bonds. The van der Waals surface area contributed by atoms with Crippen LogP contribution in [0.15, 0.2) is 53.4 Å². The molecule has 0 radical (unpaired) electrons. The van der Waals surface area contributed by atoms with Crippen LogP contribution in [0.4, 0.5) is 5.95 Å². The van der Waals surface area contributed by atoms with Gasteiger partial charge in [0.25, 0.3) is 10.0 Å². The van der Waals surface area contributed by atoms with Gasteiger partial charge in [-0.2, -0.15) is 10.2 Å². The number of piperidine rings is 1. The molecule has 4 bridgehead atoms. The Labute approximate surface area is 272 Å². The molecule has 2 fully saturated rings. The summed E-state index contributed by atoms with van der Waals surface area (Å²) in [4.78, 5) is 24.7. The van der Waals surface area contributed by atoms with Gasteiger partial charge in [0.1, 0.15) is 0 Å². The zero-order valence-corrected chi connectivity index (χ0v) is 27.9. The first-order valence-corrected chi connectivity index (χ1v) is 17.9. The number of nitrogens with one attached hydrogen (secondary N) is 1. The van der Waals surface area contributed by atoms with Crippen LogP contribution in [0.5, 0.6) is 5.88 Å². The second-order valence-electron chi connectivity index (χ2n) is 13.7. The summed E-state index contributed by atoms with van der Waals surface area (Å²) in [5, 5.41) is 9.27. The van der Waals surface area contributed by atoms with Crippen LogP contribution >= 0.6 is 0 Å². The van der Waals surface area contributed by atoms with Crippen LogP contribution in [-0.4, -0.2) is 48.9 Å². The highest BCUT2D eigenvalue weighted by Crippen LogP contribution is 2.49. The van der Waals surface area contributed by atoms with Gasteiger partial charge in [-0.25, -0.2) is 18.1 Å². The summed E-state index contributed by atoms with van der Waals surface area (Å²) < 4.78 is 36.6. The summed E-state index contributed by atoms with van der Waals surface area (Å²) in [6, 6.07) is 17.3. The number of anilines is 1. The van der Waals surface area contributed by atoms with Crippen LogP contribution in [0, 0.1) is 54.8 Å². The maximum Gasteiger partial charge on any atom is 0.264 e. The van der Waals surface area contributed by atoms with E-state index in [1.54, 1.807) is 24.3 Å². The van der Waals surface area contributed by atoms with E-state index >= 15 is 0 Å². The highest BCUT2D eigenvalue weighted by Gasteiger charge is 2.44. The van der Waals surface area contributed by atoms with E-state index in [2.05, 4.69) is 34.6 Å². The van der Waals surface area contributed by atoms with Crippen LogP contribution in [0.25, 0.3) is 11.3 Å². The zero-order chi connectivity index (χ0) is 32.6. The predicted molar refractivity (Wildman–Crippen MR) is 177 cm³/mol. The van der Waals surface area contributed by atoms with E-state index in [1.165, 1.54) is 0 Å². The summed E-state index contributed by atoms with van der Waals surface area (Å²) in [7, 11) is -4.00. The van der Waals surface area contributed by atoms with E-state index in [4.69, 9.17) is 4.74 Å². The van der Waals surface area contributed by atoms with E-state index in [0.29, 0.717) is 37.2 Å². The van der Waals surface area contributed by atoms with E-state index < -0.39 is 10.0 Å². The third kappa shape index (κ3) is 6.61. The minimum Gasteiger partial charge on any atom is -0.477 e. The van der Waals surface area contributed by atoms with Crippen molar-refractivity contribution in [1.29, 1.82) is 5.26 Å². The average molecular weight is 642 g/mol. The number of fused-ring (bicyclic) bond motifs is 4. The molecule has 2 aromatic carbocycles. The predicted octanol–water partition coefficient (Wildman–Crippen LogP) is 6.49. The molecule has 1 saturated heterocycles. The molecule has 1 aliphatic carbocycles. The number of rotatable bonds is 5. The highest BCUT2D eigenvalue weighted by molar-refractivity contribution is 7.92. The number of likely N-dealkylation sites (tertiary alicyclic amines) is 1. The van der Waals surface area contributed by atoms with E-state index in [9.17, 15) is 18.5 Å². The lowest BCUT2D eigenvalue weighted by Gasteiger charge is -2.45. The Balaban J connectivity index is 1.34. The van der Waals surface area contributed by atoms with Gasteiger partial charge >= 0.3 is 0 Å². The fraction of sp³-hybridized carbons (Fsp3) is 0.500. The number of amides is 1. The smallest absolute Gasteiger partial charge is 0.264 e. The van der Waals surface area contributed by atoms with E-state index in [0.717, 1.165) is 54.4 Å². The zero-order valence-electron chi connectivity index (χ0n) is 27.1. The van der Waals surface area contributed by atoms with Crippen LogP contribution in [-0.2, 0) is 14.8 Å². The van der Waals surface area contributed by atoms with Gasteiger partial charge in [-0.15, -0.1) is 0 Å². The number of sulfonamides is 1. The number of aryl methyl sites for hydroxylation is 2. The summed E-state index contributed by atoms with van der Waals surface area (Å²) in [5.41, 5.74) is 4.51. The molecule has 2 atom stereocenters. The third-order valence-corrected chi connectivity index (χ3v) is 11.3. The molecule has 1 aromatic heterocycles. The third-order valence-electron chi connectivity index (χ3n) is 9.97. The maximum atomic E-state index is 13.7. The highest BCUT2D eigenvalue weighted by atomic mass is 32.2. The number of ether oxygens (including phenoxy) is 1. The number of carbonyl (C=O) groups excluding carboxylic acids is 1. The van der Waals surface area contributed by atoms with E-state index in [1.807, 2.05) is 43.0 Å². The maximum absolute atomic E-state index is 13.7. The second kappa shape index (κ2) is 13.0. The minimum absolute atomic E-state index is 0.00439. The van der Waals surface area contributed by atoms with Gasteiger partial charge in [-0.3, -0.25) is 4.79 Å². The number of nitriles is 1. The molecular weight excluding hydrogens is 598 g/mol. The molecule has 1 unspecified atom stereocenters. The molecule has 1 saturated carbocycles. The number of nitrogens with zero attached hydrogens (tertiary/aromatic N) is 4. The normalized spacial score (nSPS) is 24.4. The fourth-order valence-corrected chi connectivity index (χ4v) is 8.65. The average Bonchev–Trinajstić information content (AvgIpc) is 3.00. The van der Waals surface area contributed by atoms with Crippen LogP contribution < -0.4 is 9.46 Å². The lowest BCUT2D eigenvalue weighted by Crippen LogP contribution is -2.47.